The molecular formula is C21H18N6O2. The first-order chi connectivity index (χ1) is 14.3. The van der Waals surface area contributed by atoms with E-state index in [1.54, 1.807) is 6.20 Å². The molecule has 29 heavy (non-hydrogen) atoms. The number of terminal acetylenes is 1. The monoisotopic (exact) mass is 386 g/mol. The van der Waals surface area contributed by atoms with Crippen molar-refractivity contribution in [1.29, 1.82) is 0 Å². The molecule has 0 fully saturated rings. The van der Waals surface area contributed by atoms with Gasteiger partial charge in [0.25, 0.3) is 5.88 Å². The Labute approximate surface area is 167 Å². The molecule has 8 heteroatoms. The van der Waals surface area contributed by atoms with Crippen LogP contribution in [0.5, 0.6) is 11.6 Å². The third-order valence-electron chi connectivity index (χ3n) is 4.29. The molecule has 0 spiro atoms. The number of rotatable bonds is 7. The molecule has 8 nitrogen and oxygen atoms in total. The Morgan fingerprint density at radius 3 is 2.90 bits per heavy atom. The van der Waals surface area contributed by atoms with E-state index in [0.29, 0.717) is 23.5 Å². The van der Waals surface area contributed by atoms with Crippen molar-refractivity contribution >= 4 is 22.5 Å². The minimum absolute atomic E-state index is 0.247. The molecule has 2 N–H and O–H groups in total. The Hall–Kier alpha value is -4.12. The highest BCUT2D eigenvalue weighted by Crippen LogP contribution is 2.31. The molecule has 0 saturated heterocycles. The summed E-state index contributed by atoms with van der Waals surface area (Å²) in [6, 6.07) is 11.6. The van der Waals surface area contributed by atoms with Crippen LogP contribution in [0, 0.1) is 12.5 Å². The fraction of sp³-hybridized carbons (Fsp3) is 0.143. The van der Waals surface area contributed by atoms with E-state index >= 15 is 0 Å². The van der Waals surface area contributed by atoms with Crippen LogP contribution in [-0.2, 0) is 13.0 Å². The summed E-state index contributed by atoms with van der Waals surface area (Å²) in [4.78, 5) is 12.7. The van der Waals surface area contributed by atoms with E-state index in [-0.39, 0.29) is 5.88 Å². The number of nitrogens with one attached hydrogen (secondary N) is 2. The number of anilines is 2. The number of aromatic amines is 1. The van der Waals surface area contributed by atoms with E-state index in [9.17, 15) is 0 Å². The second-order valence-electron chi connectivity index (χ2n) is 6.11. The van der Waals surface area contributed by atoms with Crippen molar-refractivity contribution in [3.63, 3.8) is 0 Å². The van der Waals surface area contributed by atoms with E-state index < -0.39 is 0 Å². The minimum atomic E-state index is 0.247. The normalized spacial score (nSPS) is 10.5. The Balaban J connectivity index is 1.58. The number of hydrogen-bond acceptors (Lipinski definition) is 7. The smallest absolute Gasteiger partial charge is 0.262 e. The second kappa shape index (κ2) is 8.27. The third kappa shape index (κ3) is 3.94. The van der Waals surface area contributed by atoms with Crippen LogP contribution in [0.4, 0.5) is 11.5 Å². The number of aromatic nitrogens is 5. The van der Waals surface area contributed by atoms with Gasteiger partial charge >= 0.3 is 0 Å². The second-order valence-corrected chi connectivity index (χ2v) is 6.11. The minimum Gasteiger partial charge on any atom is -0.487 e. The molecule has 0 aliphatic heterocycles. The van der Waals surface area contributed by atoms with Crippen molar-refractivity contribution in [3.8, 4) is 24.2 Å². The number of nitrogens with zero attached hydrogens (tertiary/aromatic N) is 4. The lowest BCUT2D eigenvalue weighted by Crippen LogP contribution is -2.01. The highest BCUT2D eigenvalue weighted by molar-refractivity contribution is 5.93. The maximum Gasteiger partial charge on any atom is 0.262 e. The van der Waals surface area contributed by atoms with Crippen molar-refractivity contribution in [3.05, 3.63) is 60.2 Å². The zero-order chi connectivity index (χ0) is 20.1. The lowest BCUT2D eigenvalue weighted by molar-refractivity contribution is 0.298. The van der Waals surface area contributed by atoms with Gasteiger partial charge in [-0.1, -0.05) is 19.4 Å². The van der Waals surface area contributed by atoms with Gasteiger partial charge in [-0.2, -0.15) is 0 Å². The lowest BCUT2D eigenvalue weighted by atomic mass is 10.1. The Kier molecular flexibility index (Phi) is 5.21. The van der Waals surface area contributed by atoms with E-state index in [4.69, 9.17) is 15.9 Å². The molecular weight excluding hydrogens is 368 g/mol. The van der Waals surface area contributed by atoms with Crippen molar-refractivity contribution in [1.82, 2.24) is 25.1 Å². The quantitative estimate of drug-likeness (QED) is 0.468. The third-order valence-corrected chi connectivity index (χ3v) is 4.29. The molecule has 1 aromatic carbocycles. The van der Waals surface area contributed by atoms with Gasteiger partial charge in [0.05, 0.1) is 5.69 Å². The van der Waals surface area contributed by atoms with Crippen molar-refractivity contribution < 1.29 is 9.47 Å². The lowest BCUT2D eigenvalue weighted by Gasteiger charge is -2.13. The number of ether oxygens (including phenoxy) is 2. The van der Waals surface area contributed by atoms with Gasteiger partial charge in [-0.05, 0) is 42.3 Å². The van der Waals surface area contributed by atoms with Crippen molar-refractivity contribution in [2.75, 3.05) is 5.32 Å². The van der Waals surface area contributed by atoms with Crippen LogP contribution in [0.1, 0.15) is 18.2 Å². The number of pyridine rings is 1. The van der Waals surface area contributed by atoms with Crippen LogP contribution < -0.4 is 14.8 Å². The summed E-state index contributed by atoms with van der Waals surface area (Å²) >= 11 is 0. The van der Waals surface area contributed by atoms with E-state index in [1.807, 2.05) is 36.4 Å². The summed E-state index contributed by atoms with van der Waals surface area (Å²) in [5.41, 5.74) is 3.31. The fourth-order valence-corrected chi connectivity index (χ4v) is 2.90. The molecule has 0 bridgehead atoms. The molecule has 4 rings (SSSR count). The Bertz CT molecular complexity index is 1170. The molecule has 0 unspecified atom stereocenters. The first-order valence-corrected chi connectivity index (χ1v) is 9.02. The molecule has 144 valence electrons. The first-order valence-electron chi connectivity index (χ1n) is 9.02. The number of aryl methyl sites for hydroxylation is 1. The molecule has 0 amide bonds. The van der Waals surface area contributed by atoms with Crippen molar-refractivity contribution in [2.45, 2.75) is 20.0 Å². The first kappa shape index (κ1) is 18.3. The van der Waals surface area contributed by atoms with Crippen LogP contribution in [-0.4, -0.2) is 25.1 Å². The summed E-state index contributed by atoms with van der Waals surface area (Å²) in [6.45, 7) is 2.49. The van der Waals surface area contributed by atoms with Gasteiger partial charge in [-0.15, -0.1) is 5.10 Å². The predicted octanol–water partition coefficient (Wildman–Crippen LogP) is 3.60. The summed E-state index contributed by atoms with van der Waals surface area (Å²) in [7, 11) is 0. The summed E-state index contributed by atoms with van der Waals surface area (Å²) < 4.78 is 11.1. The number of fused-ring (bicyclic) bond motifs is 1. The highest BCUT2D eigenvalue weighted by Gasteiger charge is 2.15. The van der Waals surface area contributed by atoms with Gasteiger partial charge in [-0.25, -0.2) is 9.97 Å². The molecule has 3 aromatic heterocycles. The summed E-state index contributed by atoms with van der Waals surface area (Å²) in [6.07, 6.45) is 11.4. The molecule has 0 saturated carbocycles. The average molecular weight is 386 g/mol. The average Bonchev–Trinajstić information content (AvgIpc) is 3.18. The Morgan fingerprint density at radius 2 is 2.10 bits per heavy atom. The van der Waals surface area contributed by atoms with E-state index in [1.165, 1.54) is 6.33 Å². The SMILES string of the molecule is C#COc1n[nH]c2ncnc(Nc3ccc(OCc4ccccn4)c(CC)c3)c12. The van der Waals surface area contributed by atoms with E-state index in [2.05, 4.69) is 43.5 Å². The number of benzene rings is 1. The van der Waals surface area contributed by atoms with Crippen LogP contribution in [0.25, 0.3) is 11.0 Å². The number of H-pyrrole nitrogens is 1. The molecule has 0 aliphatic carbocycles. The summed E-state index contributed by atoms with van der Waals surface area (Å²) in [5.74, 6) is 1.60. The van der Waals surface area contributed by atoms with Gasteiger partial charge < -0.3 is 14.8 Å². The Morgan fingerprint density at radius 1 is 1.17 bits per heavy atom. The number of hydrogen-bond donors (Lipinski definition) is 2. The maximum atomic E-state index is 5.96. The van der Waals surface area contributed by atoms with Crippen LogP contribution >= 0.6 is 0 Å². The van der Waals surface area contributed by atoms with Gasteiger partial charge in [0.2, 0.25) is 0 Å². The van der Waals surface area contributed by atoms with Gasteiger partial charge in [0.15, 0.2) is 5.65 Å². The standard InChI is InChI=1S/C21H18N6O2/c1-3-14-11-15(8-9-17(14)29-12-16-7-5-6-10-22-16)25-19-18-20(24-13-23-19)26-27-21(18)28-4-2/h2,5-11,13H,3,12H2,1H3,(H2,23,24,25,26,27). The molecule has 4 aromatic rings. The highest BCUT2D eigenvalue weighted by atomic mass is 16.5. The van der Waals surface area contributed by atoms with Gasteiger partial charge in [-0.3, -0.25) is 10.1 Å². The topological polar surface area (TPSA) is 97.8 Å². The van der Waals surface area contributed by atoms with Crippen LogP contribution in [0.15, 0.2) is 48.9 Å². The van der Waals surface area contributed by atoms with Crippen molar-refractivity contribution in [2.24, 2.45) is 0 Å². The van der Waals surface area contributed by atoms with Crippen LogP contribution in [0.2, 0.25) is 0 Å². The zero-order valence-corrected chi connectivity index (χ0v) is 15.7. The van der Waals surface area contributed by atoms with Crippen LogP contribution in [0.3, 0.4) is 0 Å². The largest absolute Gasteiger partial charge is 0.487 e. The van der Waals surface area contributed by atoms with Gasteiger partial charge in [0.1, 0.15) is 36.0 Å². The summed E-state index contributed by atoms with van der Waals surface area (Å²) in [5, 5.41) is 10.7. The van der Waals surface area contributed by atoms with Gasteiger partial charge in [0, 0.05) is 11.9 Å². The molecule has 0 atom stereocenters. The fourth-order valence-electron chi connectivity index (χ4n) is 2.90. The molecule has 0 aliphatic rings. The molecule has 3 heterocycles. The molecule has 0 radical (unpaired) electrons. The van der Waals surface area contributed by atoms with E-state index in [0.717, 1.165) is 29.1 Å². The zero-order valence-electron chi connectivity index (χ0n) is 15.7. The maximum absolute atomic E-state index is 5.96. The predicted molar refractivity (Wildman–Crippen MR) is 109 cm³/mol.